The summed E-state index contributed by atoms with van der Waals surface area (Å²) >= 11 is 3.87. The molecule has 1 aliphatic rings. The Bertz CT molecular complexity index is 1170. The van der Waals surface area contributed by atoms with Gasteiger partial charge in [-0.25, -0.2) is 15.0 Å². The number of carboxylic acid groups (broad SMARTS) is 2. The summed E-state index contributed by atoms with van der Waals surface area (Å²) in [6, 6.07) is -2.15. The number of carbonyl (C=O) groups is 4. The molecule has 2 aromatic rings. The minimum Gasteiger partial charge on any atom is -0.480 e. The number of anilines is 1. The Hall–Kier alpha value is -3.62. The molecule has 39 heavy (non-hydrogen) atoms. The smallest absolute Gasteiger partial charge is 0.322 e. The van der Waals surface area contributed by atoms with E-state index < -0.39 is 73.5 Å². The fourth-order valence-electron chi connectivity index (χ4n) is 3.32. The lowest BCUT2D eigenvalue weighted by Gasteiger charge is -2.16. The number of nitrogens with zero attached hydrogens (tertiary/aromatic N) is 4. The molecular weight excluding hydrogens is 544 g/mol. The second-order valence-electron chi connectivity index (χ2n) is 8.21. The van der Waals surface area contributed by atoms with E-state index in [1.807, 2.05) is 0 Å². The number of amides is 2. The zero-order chi connectivity index (χ0) is 29.3. The SMILES string of the molecule is NC(CCC(=O)NC(CS)C(=O)NCC(=O)O)C(=O)O.Nc1ncnc2c1ncn2[C@@H]1O[C@H](CO)[C@@H](O)[C@H]1O. The molecule has 11 N–H and O–H groups in total. The third-order valence-corrected chi connectivity index (χ3v) is 5.79. The fraction of sp³-hybridized carbons (Fsp3) is 0.550. The molecule has 3 heterocycles. The van der Waals surface area contributed by atoms with Crippen LogP contribution in [0.1, 0.15) is 19.1 Å². The minimum absolute atomic E-state index is 0.0256. The van der Waals surface area contributed by atoms with Crippen molar-refractivity contribution in [2.24, 2.45) is 5.73 Å². The number of carbonyl (C=O) groups excluding carboxylic acids is 2. The minimum atomic E-state index is -1.22. The van der Waals surface area contributed by atoms with E-state index in [-0.39, 0.29) is 24.4 Å². The zero-order valence-corrected chi connectivity index (χ0v) is 21.2. The number of imidazole rings is 1. The second kappa shape index (κ2) is 14.5. The number of aliphatic hydroxyl groups is 3. The number of hydrogen-bond acceptors (Lipinski definition) is 14. The van der Waals surface area contributed by atoms with Gasteiger partial charge < -0.3 is 52.4 Å². The first kappa shape index (κ1) is 31.6. The van der Waals surface area contributed by atoms with Crippen LogP contribution in [0.4, 0.5) is 5.82 Å². The lowest BCUT2D eigenvalue weighted by Crippen LogP contribution is -2.49. The summed E-state index contributed by atoms with van der Waals surface area (Å²) in [7, 11) is 0. The second-order valence-corrected chi connectivity index (χ2v) is 8.57. The molecule has 0 aliphatic carbocycles. The van der Waals surface area contributed by atoms with Crippen molar-refractivity contribution >= 4 is 53.4 Å². The Morgan fingerprint density at radius 2 is 1.85 bits per heavy atom. The lowest BCUT2D eigenvalue weighted by atomic mass is 10.1. The zero-order valence-electron chi connectivity index (χ0n) is 20.3. The molecule has 1 aliphatic heterocycles. The number of aliphatic hydroxyl groups excluding tert-OH is 3. The van der Waals surface area contributed by atoms with Crippen molar-refractivity contribution < 1.29 is 49.4 Å². The number of aliphatic carboxylic acids is 2. The van der Waals surface area contributed by atoms with Crippen LogP contribution in [0, 0.1) is 0 Å². The van der Waals surface area contributed by atoms with E-state index in [9.17, 15) is 29.4 Å². The monoisotopic (exact) mass is 574 g/mol. The lowest BCUT2D eigenvalue weighted by molar-refractivity contribution is -0.139. The average molecular weight is 575 g/mol. The maximum absolute atomic E-state index is 11.5. The van der Waals surface area contributed by atoms with Crippen LogP contribution in [-0.2, 0) is 23.9 Å². The third-order valence-electron chi connectivity index (χ3n) is 5.43. The molecule has 216 valence electrons. The number of aromatic nitrogens is 4. The molecule has 6 atom stereocenters. The molecule has 1 fully saturated rings. The fourth-order valence-corrected chi connectivity index (χ4v) is 3.58. The van der Waals surface area contributed by atoms with Gasteiger partial charge in [-0.2, -0.15) is 12.6 Å². The van der Waals surface area contributed by atoms with Crippen molar-refractivity contribution in [2.75, 3.05) is 24.6 Å². The summed E-state index contributed by atoms with van der Waals surface area (Å²) in [4.78, 5) is 55.6. The normalized spacial score (nSPS) is 21.9. The van der Waals surface area contributed by atoms with Crippen molar-refractivity contribution in [3.05, 3.63) is 12.7 Å². The van der Waals surface area contributed by atoms with Crippen LogP contribution < -0.4 is 22.1 Å². The predicted molar refractivity (Wildman–Crippen MR) is 134 cm³/mol. The molecule has 19 heteroatoms. The van der Waals surface area contributed by atoms with Gasteiger partial charge in [0.2, 0.25) is 11.8 Å². The summed E-state index contributed by atoms with van der Waals surface area (Å²) in [6.07, 6.45) is -1.66. The van der Waals surface area contributed by atoms with E-state index >= 15 is 0 Å². The highest BCUT2D eigenvalue weighted by Gasteiger charge is 2.44. The van der Waals surface area contributed by atoms with Crippen LogP contribution in [-0.4, -0.2) is 118 Å². The van der Waals surface area contributed by atoms with E-state index in [0.717, 1.165) is 0 Å². The number of ether oxygens (including phenoxy) is 1. The predicted octanol–water partition coefficient (Wildman–Crippen LogP) is -4.19. The summed E-state index contributed by atoms with van der Waals surface area (Å²) in [6.45, 7) is -0.957. The van der Waals surface area contributed by atoms with Gasteiger partial charge in [-0.05, 0) is 6.42 Å². The van der Waals surface area contributed by atoms with Gasteiger partial charge in [-0.1, -0.05) is 0 Å². The molecule has 2 amide bonds. The highest BCUT2D eigenvalue weighted by Crippen LogP contribution is 2.31. The summed E-state index contributed by atoms with van der Waals surface area (Å²) in [5.41, 5.74) is 11.7. The number of rotatable bonds is 11. The largest absolute Gasteiger partial charge is 0.480 e. The highest BCUT2D eigenvalue weighted by molar-refractivity contribution is 7.80. The molecule has 0 aromatic carbocycles. The van der Waals surface area contributed by atoms with Crippen molar-refractivity contribution in [3.8, 4) is 0 Å². The Kier molecular flexibility index (Phi) is 11.8. The Morgan fingerprint density at radius 1 is 1.15 bits per heavy atom. The standard InChI is InChI=1S/C10H13N5O4.C10H17N3O6S/c11-8-5-9(13-2-12-8)15(3-14-5)10-7(18)6(17)4(1-16)19-10;11-5(10(18)19)1-2-7(14)13-6(4-20)9(17)12-3-8(15)16/h2-4,6-7,10,16-18H,1H2,(H2,11,12,13);5-6,20H,1-4,11H2,(H,12,17)(H,13,14)(H,15,16)(H,18,19)/t4-,6-,7-,10-;/m1./s1. The van der Waals surface area contributed by atoms with Gasteiger partial charge in [0.25, 0.3) is 0 Å². The van der Waals surface area contributed by atoms with Gasteiger partial charge in [-0.15, -0.1) is 0 Å². The maximum atomic E-state index is 11.5. The van der Waals surface area contributed by atoms with Crippen LogP contribution in [0.5, 0.6) is 0 Å². The van der Waals surface area contributed by atoms with Crippen LogP contribution in [0.25, 0.3) is 11.2 Å². The van der Waals surface area contributed by atoms with Crippen molar-refractivity contribution in [1.82, 2.24) is 30.2 Å². The van der Waals surface area contributed by atoms with E-state index in [1.54, 1.807) is 0 Å². The number of fused-ring (bicyclic) bond motifs is 1. The summed E-state index contributed by atoms with van der Waals surface area (Å²) in [5, 5.41) is 50.1. The molecule has 18 nitrogen and oxygen atoms in total. The Morgan fingerprint density at radius 3 is 2.41 bits per heavy atom. The summed E-state index contributed by atoms with van der Waals surface area (Å²) < 4.78 is 6.85. The first-order valence-electron chi connectivity index (χ1n) is 11.3. The molecule has 2 unspecified atom stereocenters. The number of nitrogens with one attached hydrogen (secondary N) is 2. The summed E-state index contributed by atoms with van der Waals surface area (Å²) in [5.74, 6) is -3.49. The van der Waals surface area contributed by atoms with Gasteiger partial charge in [0.15, 0.2) is 17.7 Å². The van der Waals surface area contributed by atoms with E-state index in [4.69, 9.17) is 31.5 Å². The molecule has 2 aromatic heterocycles. The molecule has 0 radical (unpaired) electrons. The maximum Gasteiger partial charge on any atom is 0.322 e. The van der Waals surface area contributed by atoms with Crippen LogP contribution in [0.3, 0.4) is 0 Å². The van der Waals surface area contributed by atoms with Crippen molar-refractivity contribution in [3.63, 3.8) is 0 Å². The molecule has 0 spiro atoms. The molecular formula is C20H30N8O10S. The van der Waals surface area contributed by atoms with Gasteiger partial charge in [-0.3, -0.25) is 23.7 Å². The quantitative estimate of drug-likeness (QED) is 0.114. The molecule has 3 rings (SSSR count). The third kappa shape index (κ3) is 8.43. The van der Waals surface area contributed by atoms with Gasteiger partial charge >= 0.3 is 11.9 Å². The number of nitrogens with two attached hydrogens (primary N) is 2. The Balaban J connectivity index is 0.000000273. The van der Waals surface area contributed by atoms with E-state index in [0.29, 0.717) is 11.2 Å². The Labute approximate surface area is 225 Å². The first-order valence-corrected chi connectivity index (χ1v) is 12.0. The first-order chi connectivity index (χ1) is 18.4. The van der Waals surface area contributed by atoms with Crippen LogP contribution in [0.2, 0.25) is 0 Å². The van der Waals surface area contributed by atoms with E-state index in [2.05, 4.69) is 38.2 Å². The number of nitrogen functional groups attached to an aromatic ring is 1. The number of carboxylic acids is 2. The van der Waals surface area contributed by atoms with Gasteiger partial charge in [0, 0.05) is 12.2 Å². The highest BCUT2D eigenvalue weighted by atomic mass is 32.1. The number of thiol groups is 1. The molecule has 1 saturated heterocycles. The van der Waals surface area contributed by atoms with Crippen LogP contribution >= 0.6 is 12.6 Å². The van der Waals surface area contributed by atoms with E-state index in [1.165, 1.54) is 17.2 Å². The average Bonchev–Trinajstić information content (AvgIpc) is 3.45. The van der Waals surface area contributed by atoms with Crippen molar-refractivity contribution in [1.29, 1.82) is 0 Å². The van der Waals surface area contributed by atoms with Crippen LogP contribution in [0.15, 0.2) is 12.7 Å². The van der Waals surface area contributed by atoms with Crippen molar-refractivity contribution in [2.45, 2.75) is 49.5 Å². The molecule has 0 saturated carbocycles. The van der Waals surface area contributed by atoms with Gasteiger partial charge in [0.05, 0.1) is 12.9 Å². The topological polar surface area (TPSA) is 298 Å². The number of hydrogen-bond donors (Lipinski definition) is 10. The van der Waals surface area contributed by atoms with Gasteiger partial charge in [0.1, 0.15) is 48.8 Å². The molecule has 0 bridgehead atoms.